The van der Waals surface area contributed by atoms with E-state index in [1.807, 2.05) is 31.2 Å². The van der Waals surface area contributed by atoms with Crippen LogP contribution in [0.2, 0.25) is 0 Å². The molecular weight excluding hydrogens is 258 g/mol. The Morgan fingerprint density at radius 3 is 2.60 bits per heavy atom. The maximum absolute atomic E-state index is 11.8. The number of hydrogen-bond acceptors (Lipinski definition) is 5. The van der Waals surface area contributed by atoms with Crippen LogP contribution in [-0.4, -0.2) is 24.7 Å². The third kappa shape index (κ3) is 3.17. The Balaban J connectivity index is 1.93. The predicted octanol–water partition coefficient (Wildman–Crippen LogP) is 2.95. The first kappa shape index (κ1) is 14.1. The van der Waals surface area contributed by atoms with E-state index in [1.165, 1.54) is 6.39 Å². The molecule has 0 N–H and O–H groups in total. The Hall–Kier alpha value is -2.30. The molecule has 106 valence electrons. The first-order valence-electron chi connectivity index (χ1n) is 6.33. The van der Waals surface area contributed by atoms with Gasteiger partial charge in [-0.1, -0.05) is 19.1 Å². The van der Waals surface area contributed by atoms with Crippen molar-refractivity contribution in [2.75, 3.05) is 13.7 Å². The van der Waals surface area contributed by atoms with E-state index in [9.17, 15) is 4.79 Å². The van der Waals surface area contributed by atoms with E-state index in [2.05, 4.69) is 4.98 Å². The van der Waals surface area contributed by atoms with Crippen molar-refractivity contribution in [3.05, 3.63) is 47.7 Å². The molecular formula is C15H17NO4. The zero-order valence-corrected chi connectivity index (χ0v) is 11.8. The molecule has 2 rings (SSSR count). The number of rotatable bonds is 5. The van der Waals surface area contributed by atoms with Crippen molar-refractivity contribution >= 4 is 5.97 Å². The lowest BCUT2D eigenvalue weighted by molar-refractivity contribution is 0.0477. The van der Waals surface area contributed by atoms with E-state index in [0.29, 0.717) is 5.76 Å². The van der Waals surface area contributed by atoms with Crippen molar-refractivity contribution in [2.45, 2.75) is 19.8 Å². The van der Waals surface area contributed by atoms with Crippen LogP contribution >= 0.6 is 0 Å². The maximum Gasteiger partial charge on any atom is 0.360 e. The Morgan fingerprint density at radius 2 is 2.05 bits per heavy atom. The number of carbonyl (C=O) groups is 1. The molecule has 1 aromatic heterocycles. The molecule has 0 bridgehead atoms. The standard InChI is InChI=1S/C15H17NO4/c1-10(12-4-6-13(18-3)7-5-12)8-19-15(17)14-11(2)20-9-16-14/h4-7,9-10H,8H2,1-3H3. The monoisotopic (exact) mass is 275 g/mol. The van der Waals surface area contributed by atoms with Gasteiger partial charge in [0.1, 0.15) is 11.5 Å². The summed E-state index contributed by atoms with van der Waals surface area (Å²) in [6.07, 6.45) is 1.23. The fraction of sp³-hybridized carbons (Fsp3) is 0.333. The minimum Gasteiger partial charge on any atom is -0.497 e. The van der Waals surface area contributed by atoms with Gasteiger partial charge in [-0.25, -0.2) is 9.78 Å². The van der Waals surface area contributed by atoms with Crippen molar-refractivity contribution in [3.8, 4) is 5.75 Å². The third-order valence-electron chi connectivity index (χ3n) is 3.09. The molecule has 1 aromatic carbocycles. The number of methoxy groups -OCH3 is 1. The normalized spacial score (nSPS) is 11.9. The number of aromatic nitrogens is 1. The van der Waals surface area contributed by atoms with Crippen molar-refractivity contribution < 1.29 is 18.7 Å². The molecule has 2 aromatic rings. The number of nitrogens with zero attached hydrogens (tertiary/aromatic N) is 1. The topological polar surface area (TPSA) is 61.6 Å². The van der Waals surface area contributed by atoms with Gasteiger partial charge in [-0.15, -0.1) is 0 Å². The van der Waals surface area contributed by atoms with Crippen molar-refractivity contribution in [1.82, 2.24) is 4.98 Å². The predicted molar refractivity (Wildman–Crippen MR) is 72.9 cm³/mol. The molecule has 1 atom stereocenters. The number of esters is 1. The minimum atomic E-state index is -0.461. The van der Waals surface area contributed by atoms with Gasteiger partial charge in [0.2, 0.25) is 0 Å². The van der Waals surface area contributed by atoms with E-state index in [1.54, 1.807) is 14.0 Å². The zero-order chi connectivity index (χ0) is 14.5. The molecule has 0 amide bonds. The summed E-state index contributed by atoms with van der Waals surface area (Å²) in [5.74, 6) is 0.900. The summed E-state index contributed by atoms with van der Waals surface area (Å²) in [5, 5.41) is 0. The first-order chi connectivity index (χ1) is 9.61. The highest BCUT2D eigenvalue weighted by Crippen LogP contribution is 2.20. The number of carbonyl (C=O) groups excluding carboxylic acids is 1. The van der Waals surface area contributed by atoms with Crippen LogP contribution in [0.1, 0.15) is 34.7 Å². The van der Waals surface area contributed by atoms with Crippen LogP contribution < -0.4 is 4.74 Å². The van der Waals surface area contributed by atoms with Gasteiger partial charge in [0.05, 0.1) is 13.7 Å². The minimum absolute atomic E-state index is 0.0945. The summed E-state index contributed by atoms with van der Waals surface area (Å²) in [7, 11) is 1.63. The molecule has 0 saturated heterocycles. The summed E-state index contributed by atoms with van der Waals surface area (Å²) >= 11 is 0. The SMILES string of the molecule is COc1ccc(C(C)COC(=O)c2ncoc2C)cc1. The highest BCUT2D eigenvalue weighted by atomic mass is 16.5. The smallest absolute Gasteiger partial charge is 0.360 e. The average Bonchev–Trinajstić information content (AvgIpc) is 2.90. The van der Waals surface area contributed by atoms with Crippen molar-refractivity contribution in [1.29, 1.82) is 0 Å². The molecule has 0 radical (unpaired) electrons. The van der Waals surface area contributed by atoms with Gasteiger partial charge in [0.25, 0.3) is 0 Å². The van der Waals surface area contributed by atoms with Gasteiger partial charge < -0.3 is 13.9 Å². The molecule has 0 aliphatic rings. The molecule has 5 heteroatoms. The Kier molecular flexibility index (Phi) is 4.40. The van der Waals surface area contributed by atoms with Crippen LogP contribution in [0, 0.1) is 6.92 Å². The lowest BCUT2D eigenvalue weighted by Crippen LogP contribution is -2.12. The van der Waals surface area contributed by atoms with Crippen molar-refractivity contribution in [2.24, 2.45) is 0 Å². The summed E-state index contributed by atoms with van der Waals surface area (Å²) in [4.78, 5) is 15.6. The number of hydrogen-bond donors (Lipinski definition) is 0. The highest BCUT2D eigenvalue weighted by Gasteiger charge is 2.16. The molecule has 1 unspecified atom stereocenters. The Labute approximate surface area is 117 Å². The lowest BCUT2D eigenvalue weighted by atomic mass is 10.0. The fourth-order valence-corrected chi connectivity index (χ4v) is 1.80. The van der Waals surface area contributed by atoms with Gasteiger partial charge in [0, 0.05) is 5.92 Å². The molecule has 20 heavy (non-hydrogen) atoms. The Bertz CT molecular complexity index is 574. The molecule has 5 nitrogen and oxygen atoms in total. The van der Waals surface area contributed by atoms with Gasteiger partial charge in [-0.3, -0.25) is 0 Å². The second kappa shape index (κ2) is 6.23. The average molecular weight is 275 g/mol. The number of ether oxygens (including phenoxy) is 2. The zero-order valence-electron chi connectivity index (χ0n) is 11.8. The van der Waals surface area contributed by atoms with Crippen LogP contribution in [0.25, 0.3) is 0 Å². The van der Waals surface area contributed by atoms with Gasteiger partial charge in [-0.05, 0) is 24.6 Å². The fourth-order valence-electron chi connectivity index (χ4n) is 1.80. The second-order valence-corrected chi connectivity index (χ2v) is 4.53. The van der Waals surface area contributed by atoms with Crippen LogP contribution in [0.4, 0.5) is 0 Å². The third-order valence-corrected chi connectivity index (χ3v) is 3.09. The molecule has 0 fully saturated rings. The summed E-state index contributed by atoms with van der Waals surface area (Å²) in [5.41, 5.74) is 1.31. The number of aryl methyl sites for hydroxylation is 1. The van der Waals surface area contributed by atoms with Gasteiger partial charge in [-0.2, -0.15) is 0 Å². The summed E-state index contributed by atoms with van der Waals surface area (Å²) < 4.78 is 15.3. The van der Waals surface area contributed by atoms with Gasteiger partial charge >= 0.3 is 5.97 Å². The van der Waals surface area contributed by atoms with Crippen molar-refractivity contribution in [3.63, 3.8) is 0 Å². The number of benzene rings is 1. The van der Waals surface area contributed by atoms with E-state index < -0.39 is 5.97 Å². The molecule has 0 aliphatic heterocycles. The summed E-state index contributed by atoms with van der Waals surface area (Å²) in [6.45, 7) is 3.96. The van der Waals surface area contributed by atoms with E-state index >= 15 is 0 Å². The van der Waals surface area contributed by atoms with Crippen LogP contribution in [0.3, 0.4) is 0 Å². The molecule has 1 heterocycles. The first-order valence-corrected chi connectivity index (χ1v) is 6.33. The van der Waals surface area contributed by atoms with Gasteiger partial charge in [0.15, 0.2) is 12.1 Å². The molecule has 0 spiro atoms. The molecule has 0 aliphatic carbocycles. The Morgan fingerprint density at radius 1 is 1.35 bits per heavy atom. The summed E-state index contributed by atoms with van der Waals surface area (Å²) in [6, 6.07) is 7.68. The van der Waals surface area contributed by atoms with Crippen LogP contribution in [-0.2, 0) is 4.74 Å². The van der Waals surface area contributed by atoms with E-state index in [0.717, 1.165) is 11.3 Å². The molecule has 0 saturated carbocycles. The quantitative estimate of drug-likeness (QED) is 0.785. The highest BCUT2D eigenvalue weighted by molar-refractivity contribution is 5.88. The van der Waals surface area contributed by atoms with E-state index in [-0.39, 0.29) is 18.2 Å². The van der Waals surface area contributed by atoms with E-state index in [4.69, 9.17) is 13.9 Å². The maximum atomic E-state index is 11.8. The lowest BCUT2D eigenvalue weighted by Gasteiger charge is -2.12. The number of oxazole rings is 1. The van der Waals surface area contributed by atoms with Crippen LogP contribution in [0.5, 0.6) is 5.75 Å². The van der Waals surface area contributed by atoms with Crippen LogP contribution in [0.15, 0.2) is 35.1 Å². The largest absolute Gasteiger partial charge is 0.497 e. The second-order valence-electron chi connectivity index (χ2n) is 4.53.